The van der Waals surface area contributed by atoms with Gasteiger partial charge in [0, 0.05) is 6.92 Å². The number of carbonyl (C=O) groups is 1. The van der Waals surface area contributed by atoms with Crippen molar-refractivity contribution in [1.29, 1.82) is 0 Å². The number of aliphatic hydroxyl groups is 2. The fourth-order valence-electron chi connectivity index (χ4n) is 0.910. The second-order valence-electron chi connectivity index (χ2n) is 2.82. The van der Waals surface area contributed by atoms with Crippen LogP contribution in [0.15, 0.2) is 12.2 Å². The zero-order valence-electron chi connectivity index (χ0n) is 8.03. The van der Waals surface area contributed by atoms with E-state index in [2.05, 4.69) is 5.32 Å². The Bertz CT molecular complexity index is 180. The highest BCUT2D eigenvalue weighted by Crippen LogP contribution is 1.96. The van der Waals surface area contributed by atoms with Crippen LogP contribution in [0.1, 0.15) is 20.3 Å². The Kier molecular flexibility index (Phi) is 6.18. The van der Waals surface area contributed by atoms with E-state index >= 15 is 0 Å². The minimum absolute atomic E-state index is 0.261. The maximum atomic E-state index is 10.6. The van der Waals surface area contributed by atoms with Gasteiger partial charge in [0.1, 0.15) is 0 Å². The molecule has 0 heterocycles. The smallest absolute Gasteiger partial charge is 0.217 e. The number of nitrogens with one attached hydrogen (secondary N) is 1. The summed E-state index contributed by atoms with van der Waals surface area (Å²) in [4.78, 5) is 10.6. The first-order valence-corrected chi connectivity index (χ1v) is 4.34. The van der Waals surface area contributed by atoms with Crippen LogP contribution in [0, 0.1) is 0 Å². The molecule has 0 fully saturated rings. The molecule has 0 radical (unpaired) electrons. The summed E-state index contributed by atoms with van der Waals surface area (Å²) in [5, 5.41) is 20.7. The molecule has 0 bridgehead atoms. The summed E-state index contributed by atoms with van der Waals surface area (Å²) in [5.74, 6) is -0.261. The Labute approximate surface area is 78.3 Å². The minimum atomic E-state index is -0.825. The van der Waals surface area contributed by atoms with Crippen LogP contribution in [-0.2, 0) is 4.79 Å². The van der Waals surface area contributed by atoms with Gasteiger partial charge in [0.2, 0.25) is 5.91 Å². The first-order chi connectivity index (χ1) is 6.11. The predicted molar refractivity (Wildman–Crippen MR) is 50.1 cm³/mol. The van der Waals surface area contributed by atoms with Crippen molar-refractivity contribution in [2.24, 2.45) is 0 Å². The lowest BCUT2D eigenvalue weighted by Gasteiger charge is -2.18. The number of amides is 1. The number of allylic oxidation sites excluding steroid dienone is 1. The number of hydrogen-bond acceptors (Lipinski definition) is 3. The van der Waals surface area contributed by atoms with Crippen molar-refractivity contribution in [2.45, 2.75) is 32.4 Å². The Morgan fingerprint density at radius 3 is 2.62 bits per heavy atom. The van der Waals surface area contributed by atoms with Gasteiger partial charge in [-0.2, -0.15) is 0 Å². The standard InChI is InChI=1S/C9H17NO3/c1-3-4-5-9(13)8(6-11)10-7(2)12/h4-5,8-9,11,13H,3,6H2,1-2H3,(H,10,12)/b5-4+. The molecule has 0 saturated heterocycles. The molecule has 0 aliphatic heterocycles. The summed E-state index contributed by atoms with van der Waals surface area (Å²) in [6.45, 7) is 3.02. The number of rotatable bonds is 5. The molecule has 0 aromatic heterocycles. The van der Waals surface area contributed by atoms with Crippen LogP contribution >= 0.6 is 0 Å². The van der Waals surface area contributed by atoms with E-state index in [1.807, 2.05) is 6.92 Å². The van der Waals surface area contributed by atoms with Crippen molar-refractivity contribution in [3.8, 4) is 0 Å². The molecule has 4 nitrogen and oxygen atoms in total. The van der Waals surface area contributed by atoms with Crippen LogP contribution in [0.2, 0.25) is 0 Å². The van der Waals surface area contributed by atoms with Gasteiger partial charge in [-0.05, 0) is 6.42 Å². The van der Waals surface area contributed by atoms with Crippen LogP contribution in [-0.4, -0.2) is 34.9 Å². The van der Waals surface area contributed by atoms with E-state index in [4.69, 9.17) is 5.11 Å². The van der Waals surface area contributed by atoms with Crippen molar-refractivity contribution in [1.82, 2.24) is 5.32 Å². The van der Waals surface area contributed by atoms with E-state index in [0.29, 0.717) is 0 Å². The van der Waals surface area contributed by atoms with Gasteiger partial charge >= 0.3 is 0 Å². The molecule has 13 heavy (non-hydrogen) atoms. The SMILES string of the molecule is CC/C=C/C(O)C(CO)NC(C)=O. The average molecular weight is 187 g/mol. The van der Waals surface area contributed by atoms with E-state index in [0.717, 1.165) is 6.42 Å². The van der Waals surface area contributed by atoms with Gasteiger partial charge in [-0.25, -0.2) is 0 Å². The van der Waals surface area contributed by atoms with Gasteiger partial charge in [-0.15, -0.1) is 0 Å². The predicted octanol–water partition coefficient (Wildman–Crippen LogP) is -0.190. The third-order valence-electron chi connectivity index (χ3n) is 1.57. The van der Waals surface area contributed by atoms with Gasteiger partial charge in [-0.1, -0.05) is 19.1 Å². The maximum absolute atomic E-state index is 10.6. The van der Waals surface area contributed by atoms with Crippen LogP contribution < -0.4 is 5.32 Å². The Balaban J connectivity index is 4.06. The molecular weight excluding hydrogens is 170 g/mol. The van der Waals surface area contributed by atoms with E-state index in [1.54, 1.807) is 12.2 Å². The zero-order chi connectivity index (χ0) is 10.3. The number of hydrogen-bond donors (Lipinski definition) is 3. The molecule has 2 atom stereocenters. The molecule has 0 aliphatic rings. The van der Waals surface area contributed by atoms with Crippen LogP contribution in [0.5, 0.6) is 0 Å². The molecule has 0 saturated carbocycles. The Morgan fingerprint density at radius 1 is 1.62 bits per heavy atom. The first kappa shape index (κ1) is 12.1. The van der Waals surface area contributed by atoms with E-state index in [9.17, 15) is 9.90 Å². The van der Waals surface area contributed by atoms with Crippen molar-refractivity contribution >= 4 is 5.91 Å². The zero-order valence-corrected chi connectivity index (χ0v) is 8.03. The highest BCUT2D eigenvalue weighted by molar-refractivity contribution is 5.73. The van der Waals surface area contributed by atoms with Gasteiger partial charge in [0.05, 0.1) is 18.8 Å². The molecule has 0 aliphatic carbocycles. The fourth-order valence-corrected chi connectivity index (χ4v) is 0.910. The largest absolute Gasteiger partial charge is 0.394 e. The summed E-state index contributed by atoms with van der Waals surface area (Å²) >= 11 is 0. The highest BCUT2D eigenvalue weighted by Gasteiger charge is 2.15. The van der Waals surface area contributed by atoms with Crippen molar-refractivity contribution in [3.63, 3.8) is 0 Å². The fraction of sp³-hybridized carbons (Fsp3) is 0.667. The molecule has 3 N–H and O–H groups in total. The van der Waals surface area contributed by atoms with Crippen molar-refractivity contribution < 1.29 is 15.0 Å². The van der Waals surface area contributed by atoms with E-state index in [-0.39, 0.29) is 12.5 Å². The van der Waals surface area contributed by atoms with Crippen molar-refractivity contribution in [3.05, 3.63) is 12.2 Å². The van der Waals surface area contributed by atoms with Gasteiger partial charge in [-0.3, -0.25) is 4.79 Å². The second-order valence-corrected chi connectivity index (χ2v) is 2.82. The summed E-state index contributed by atoms with van der Waals surface area (Å²) in [6, 6.07) is -0.611. The molecule has 2 unspecified atom stereocenters. The van der Waals surface area contributed by atoms with Gasteiger partial charge in [0.25, 0.3) is 0 Å². The van der Waals surface area contributed by atoms with Gasteiger partial charge in [0.15, 0.2) is 0 Å². The molecule has 0 spiro atoms. The topological polar surface area (TPSA) is 69.6 Å². The monoisotopic (exact) mass is 187 g/mol. The molecule has 1 amide bonds. The molecule has 76 valence electrons. The summed E-state index contributed by atoms with van der Waals surface area (Å²) in [5.41, 5.74) is 0. The molecule has 0 aromatic rings. The van der Waals surface area contributed by atoms with Crippen LogP contribution in [0.4, 0.5) is 0 Å². The minimum Gasteiger partial charge on any atom is -0.394 e. The molecule has 4 heteroatoms. The third kappa shape index (κ3) is 5.38. The summed E-state index contributed by atoms with van der Waals surface area (Å²) < 4.78 is 0. The molecule has 0 aromatic carbocycles. The maximum Gasteiger partial charge on any atom is 0.217 e. The summed E-state index contributed by atoms with van der Waals surface area (Å²) in [6.07, 6.45) is 3.34. The lowest BCUT2D eigenvalue weighted by Crippen LogP contribution is -2.44. The number of aliphatic hydroxyl groups excluding tert-OH is 2. The quantitative estimate of drug-likeness (QED) is 0.522. The Hall–Kier alpha value is -0.870. The van der Waals surface area contributed by atoms with Crippen LogP contribution in [0.3, 0.4) is 0 Å². The summed E-state index contributed by atoms with van der Waals surface area (Å²) in [7, 11) is 0. The average Bonchev–Trinajstić information content (AvgIpc) is 2.09. The van der Waals surface area contributed by atoms with E-state index < -0.39 is 12.1 Å². The molecule has 0 rings (SSSR count). The highest BCUT2D eigenvalue weighted by atomic mass is 16.3. The Morgan fingerprint density at radius 2 is 2.23 bits per heavy atom. The van der Waals surface area contributed by atoms with E-state index in [1.165, 1.54) is 6.92 Å². The third-order valence-corrected chi connectivity index (χ3v) is 1.57. The lowest BCUT2D eigenvalue weighted by molar-refractivity contribution is -0.120. The first-order valence-electron chi connectivity index (χ1n) is 4.34. The van der Waals surface area contributed by atoms with Gasteiger partial charge < -0.3 is 15.5 Å². The lowest BCUT2D eigenvalue weighted by atomic mass is 10.1. The van der Waals surface area contributed by atoms with Crippen molar-refractivity contribution in [2.75, 3.05) is 6.61 Å². The van der Waals surface area contributed by atoms with Crippen LogP contribution in [0.25, 0.3) is 0 Å². The molecular formula is C9H17NO3. The normalized spacial score (nSPS) is 15.7. The number of carbonyl (C=O) groups excluding carboxylic acids is 1. The second kappa shape index (κ2) is 6.62.